The Morgan fingerprint density at radius 2 is 1.91 bits per heavy atom. The molecule has 162 valence electrons. The molecule has 32 heavy (non-hydrogen) atoms. The van der Waals surface area contributed by atoms with Gasteiger partial charge in [-0.1, -0.05) is 30.3 Å². The summed E-state index contributed by atoms with van der Waals surface area (Å²) in [5, 5.41) is 4.37. The summed E-state index contributed by atoms with van der Waals surface area (Å²) < 4.78 is 7.75. The molecule has 1 aliphatic carbocycles. The molecule has 4 heterocycles. The molecule has 0 saturated heterocycles. The second-order valence-corrected chi connectivity index (χ2v) is 9.56. The lowest BCUT2D eigenvalue weighted by Gasteiger charge is -2.31. The average molecular weight is 444 g/mol. The van der Waals surface area contributed by atoms with E-state index in [1.54, 1.807) is 6.26 Å². The summed E-state index contributed by atoms with van der Waals surface area (Å²) in [6, 6.07) is 18.1. The fourth-order valence-electron chi connectivity index (χ4n) is 5.05. The van der Waals surface area contributed by atoms with E-state index in [1.807, 2.05) is 46.6 Å². The first-order valence-electron chi connectivity index (χ1n) is 11.2. The summed E-state index contributed by atoms with van der Waals surface area (Å²) in [5.74, 6) is 0.751. The Morgan fingerprint density at radius 3 is 2.75 bits per heavy atom. The van der Waals surface area contributed by atoms with Crippen molar-refractivity contribution in [3.05, 3.63) is 100 Å². The number of rotatable bonds is 3. The van der Waals surface area contributed by atoms with Crippen LogP contribution in [-0.2, 0) is 25.9 Å². The first-order chi connectivity index (χ1) is 15.8. The van der Waals surface area contributed by atoms with Crippen molar-refractivity contribution in [3.8, 4) is 5.00 Å². The molecular weight excluding hydrogens is 418 g/mol. The second-order valence-electron chi connectivity index (χ2n) is 8.48. The second kappa shape index (κ2) is 8.02. The maximum absolute atomic E-state index is 13.6. The third-order valence-corrected chi connectivity index (χ3v) is 7.88. The highest BCUT2D eigenvalue weighted by Gasteiger charge is 2.35. The molecule has 0 bridgehead atoms. The van der Waals surface area contributed by atoms with Crippen molar-refractivity contribution in [2.45, 2.75) is 44.8 Å². The first-order valence-corrected chi connectivity index (χ1v) is 12.0. The molecule has 0 spiro atoms. The number of nitrogens with zero attached hydrogens (tertiary/aromatic N) is 2. The zero-order valence-electron chi connectivity index (χ0n) is 17.8. The number of furan rings is 1. The number of urea groups is 1. The molecule has 0 saturated carbocycles. The fraction of sp³-hybridized carbons (Fsp3) is 0.269. The van der Waals surface area contributed by atoms with E-state index in [0.29, 0.717) is 13.1 Å². The van der Waals surface area contributed by atoms with Crippen LogP contribution in [-0.4, -0.2) is 15.5 Å². The Labute approximate surface area is 191 Å². The monoisotopic (exact) mass is 443 g/mol. The minimum atomic E-state index is -0.165. The van der Waals surface area contributed by atoms with Crippen LogP contribution in [0, 0.1) is 0 Å². The standard InChI is InChI=1S/C26H25N3O2S/c30-26(27-16-19-10-7-15-31-19)29-17-21-20-11-4-5-13-23(20)32-25(21)28-14-6-12-22(28)24(29)18-8-2-1-3-9-18/h1-3,6-10,12,14-15,24H,4-5,11,13,16-17H2,(H,27,30)/t24-/m1/s1. The number of benzene rings is 1. The van der Waals surface area contributed by atoms with Gasteiger partial charge in [-0.15, -0.1) is 11.3 Å². The van der Waals surface area contributed by atoms with Gasteiger partial charge in [-0.3, -0.25) is 0 Å². The molecule has 3 aromatic heterocycles. The molecule has 0 fully saturated rings. The Hall–Kier alpha value is -3.25. The highest BCUT2D eigenvalue weighted by molar-refractivity contribution is 7.15. The zero-order chi connectivity index (χ0) is 21.5. The van der Waals surface area contributed by atoms with Gasteiger partial charge in [0.05, 0.1) is 31.1 Å². The van der Waals surface area contributed by atoms with E-state index in [0.717, 1.165) is 29.9 Å². The highest BCUT2D eigenvalue weighted by Crippen LogP contribution is 2.43. The molecule has 2 amide bonds. The van der Waals surface area contributed by atoms with Crippen molar-refractivity contribution in [1.29, 1.82) is 0 Å². The summed E-state index contributed by atoms with van der Waals surface area (Å²) in [6.07, 6.45) is 8.52. The number of amides is 2. The third kappa shape index (κ3) is 3.26. The van der Waals surface area contributed by atoms with Gasteiger partial charge >= 0.3 is 6.03 Å². The van der Waals surface area contributed by atoms with Crippen molar-refractivity contribution in [2.24, 2.45) is 0 Å². The van der Waals surface area contributed by atoms with Gasteiger partial charge in [0.2, 0.25) is 0 Å². The minimum absolute atomic E-state index is 0.0772. The van der Waals surface area contributed by atoms with Crippen LogP contribution in [0.1, 0.15) is 51.9 Å². The number of aryl methyl sites for hydroxylation is 1. The third-order valence-electron chi connectivity index (χ3n) is 6.55. The van der Waals surface area contributed by atoms with Crippen LogP contribution in [0.3, 0.4) is 0 Å². The lowest BCUT2D eigenvalue weighted by molar-refractivity contribution is 0.179. The average Bonchev–Trinajstić information content (AvgIpc) is 3.57. The van der Waals surface area contributed by atoms with E-state index in [1.165, 1.54) is 33.8 Å². The van der Waals surface area contributed by atoms with Gasteiger partial charge < -0.3 is 19.2 Å². The van der Waals surface area contributed by atoms with E-state index in [4.69, 9.17) is 4.42 Å². The normalized spacial score (nSPS) is 17.2. The number of hydrogen-bond donors (Lipinski definition) is 1. The Morgan fingerprint density at radius 1 is 1.03 bits per heavy atom. The lowest BCUT2D eigenvalue weighted by atomic mass is 9.95. The Bertz CT molecular complexity index is 1240. The number of hydrogen-bond acceptors (Lipinski definition) is 3. The lowest BCUT2D eigenvalue weighted by Crippen LogP contribution is -2.41. The maximum atomic E-state index is 13.6. The van der Waals surface area contributed by atoms with Gasteiger partial charge in [-0.2, -0.15) is 0 Å². The Kier molecular flexibility index (Phi) is 4.87. The number of thiophene rings is 1. The minimum Gasteiger partial charge on any atom is -0.467 e. The van der Waals surface area contributed by atoms with Crippen molar-refractivity contribution < 1.29 is 9.21 Å². The van der Waals surface area contributed by atoms with Gasteiger partial charge in [0.1, 0.15) is 10.8 Å². The van der Waals surface area contributed by atoms with Crippen LogP contribution in [0.5, 0.6) is 0 Å². The molecule has 0 radical (unpaired) electrons. The van der Waals surface area contributed by atoms with Gasteiger partial charge in [-0.05, 0) is 61.1 Å². The smallest absolute Gasteiger partial charge is 0.318 e. The van der Waals surface area contributed by atoms with Crippen LogP contribution in [0.25, 0.3) is 5.00 Å². The predicted octanol–water partition coefficient (Wildman–Crippen LogP) is 5.83. The largest absolute Gasteiger partial charge is 0.467 e. The van der Waals surface area contributed by atoms with Crippen LogP contribution in [0.15, 0.2) is 71.5 Å². The number of carbonyl (C=O) groups excluding carboxylic acids is 1. The number of nitrogens with one attached hydrogen (secondary N) is 1. The van der Waals surface area contributed by atoms with Crippen LogP contribution < -0.4 is 5.32 Å². The zero-order valence-corrected chi connectivity index (χ0v) is 18.6. The van der Waals surface area contributed by atoms with Crippen molar-refractivity contribution in [1.82, 2.24) is 14.8 Å². The van der Waals surface area contributed by atoms with Crippen molar-refractivity contribution >= 4 is 17.4 Å². The SMILES string of the molecule is O=C(NCc1ccco1)N1Cc2c(sc3c2CCCC3)-n2cccc2[C@H]1c1ccccc1. The molecule has 6 heteroatoms. The first kappa shape index (κ1) is 19.4. The predicted molar refractivity (Wildman–Crippen MR) is 125 cm³/mol. The summed E-state index contributed by atoms with van der Waals surface area (Å²) in [7, 11) is 0. The topological polar surface area (TPSA) is 50.4 Å². The number of carbonyl (C=O) groups is 1. The molecule has 0 unspecified atom stereocenters. The van der Waals surface area contributed by atoms with Gasteiger partial charge in [0, 0.05) is 16.6 Å². The fourth-order valence-corrected chi connectivity index (χ4v) is 6.45. The van der Waals surface area contributed by atoms with Gasteiger partial charge in [0.25, 0.3) is 0 Å². The highest BCUT2D eigenvalue weighted by atomic mass is 32.1. The molecule has 1 aliphatic heterocycles. The molecule has 1 aromatic carbocycles. The van der Waals surface area contributed by atoms with Gasteiger partial charge in [-0.25, -0.2) is 4.79 Å². The molecule has 1 atom stereocenters. The summed E-state index contributed by atoms with van der Waals surface area (Å²) in [6.45, 7) is 0.978. The quantitative estimate of drug-likeness (QED) is 0.433. The number of aromatic nitrogens is 1. The molecule has 5 nitrogen and oxygen atoms in total. The van der Waals surface area contributed by atoms with E-state index in [2.05, 4.69) is 40.3 Å². The van der Waals surface area contributed by atoms with Crippen molar-refractivity contribution in [2.75, 3.05) is 0 Å². The van der Waals surface area contributed by atoms with Gasteiger partial charge in [0.15, 0.2) is 0 Å². The molecule has 2 aliphatic rings. The van der Waals surface area contributed by atoms with E-state index in [9.17, 15) is 4.79 Å². The van der Waals surface area contributed by atoms with Crippen LogP contribution in [0.4, 0.5) is 4.79 Å². The van der Waals surface area contributed by atoms with Crippen LogP contribution in [0.2, 0.25) is 0 Å². The number of fused-ring (bicyclic) bond motifs is 5. The summed E-state index contributed by atoms with van der Waals surface area (Å²) in [4.78, 5) is 17.1. The molecule has 1 N–H and O–H groups in total. The Balaban J connectivity index is 1.46. The van der Waals surface area contributed by atoms with E-state index >= 15 is 0 Å². The van der Waals surface area contributed by atoms with E-state index in [-0.39, 0.29) is 12.1 Å². The maximum Gasteiger partial charge on any atom is 0.318 e. The van der Waals surface area contributed by atoms with E-state index < -0.39 is 0 Å². The summed E-state index contributed by atoms with van der Waals surface area (Å²) >= 11 is 1.91. The molecule has 4 aromatic rings. The molecular formula is C26H25N3O2S. The van der Waals surface area contributed by atoms with Crippen molar-refractivity contribution in [3.63, 3.8) is 0 Å². The van der Waals surface area contributed by atoms with Crippen LogP contribution >= 0.6 is 11.3 Å². The summed E-state index contributed by atoms with van der Waals surface area (Å²) in [5.41, 5.74) is 5.02. The molecule has 6 rings (SSSR count).